The summed E-state index contributed by atoms with van der Waals surface area (Å²) in [5.41, 5.74) is 3.96. The summed E-state index contributed by atoms with van der Waals surface area (Å²) in [4.78, 5) is 0. The van der Waals surface area contributed by atoms with E-state index in [-0.39, 0.29) is 5.41 Å². The lowest BCUT2D eigenvalue weighted by Crippen LogP contribution is -2.14. The van der Waals surface area contributed by atoms with E-state index in [9.17, 15) is 0 Å². The Morgan fingerprint density at radius 3 is 2.30 bits per heavy atom. The zero-order chi connectivity index (χ0) is 15.2. The third kappa shape index (κ3) is 4.60. The van der Waals surface area contributed by atoms with E-state index in [1.54, 1.807) is 7.11 Å². The van der Waals surface area contributed by atoms with Crippen molar-refractivity contribution in [2.24, 2.45) is 0 Å². The van der Waals surface area contributed by atoms with Gasteiger partial charge in [-0.3, -0.25) is 0 Å². The number of rotatable bonds is 4. The molecule has 110 valence electrons. The Balaban J connectivity index is 3.02. The van der Waals surface area contributed by atoms with Gasteiger partial charge in [-0.1, -0.05) is 45.4 Å². The standard InChI is InChI=1S/C19H28O/c1-7-8-9-10-11-12-16-13-15(2)14-17(18(16)20-6)19(3,4)5/h13-14H,7-8,11-12H2,1-6H3. The first kappa shape index (κ1) is 16.6. The first-order chi connectivity index (χ1) is 9.40. The third-order valence-electron chi connectivity index (χ3n) is 3.34. The number of methoxy groups -OCH3 is 1. The Morgan fingerprint density at radius 1 is 1.10 bits per heavy atom. The van der Waals surface area contributed by atoms with E-state index >= 15 is 0 Å². The summed E-state index contributed by atoms with van der Waals surface area (Å²) < 4.78 is 5.69. The maximum Gasteiger partial charge on any atom is 0.125 e. The van der Waals surface area contributed by atoms with E-state index in [2.05, 4.69) is 58.6 Å². The first-order valence-corrected chi connectivity index (χ1v) is 7.53. The van der Waals surface area contributed by atoms with Gasteiger partial charge in [0.2, 0.25) is 0 Å². The van der Waals surface area contributed by atoms with Crippen molar-refractivity contribution in [2.45, 2.75) is 65.7 Å². The van der Waals surface area contributed by atoms with Crippen LogP contribution in [0.4, 0.5) is 0 Å². The van der Waals surface area contributed by atoms with Gasteiger partial charge in [0, 0.05) is 18.4 Å². The van der Waals surface area contributed by atoms with Crippen LogP contribution in [0, 0.1) is 18.8 Å². The summed E-state index contributed by atoms with van der Waals surface area (Å²) in [6.45, 7) is 11.0. The molecule has 0 heterocycles. The predicted octanol–water partition coefficient (Wildman–Crippen LogP) is 5.04. The fourth-order valence-corrected chi connectivity index (χ4v) is 2.33. The first-order valence-electron chi connectivity index (χ1n) is 7.53. The molecule has 0 N–H and O–H groups in total. The van der Waals surface area contributed by atoms with E-state index in [1.807, 2.05) is 0 Å². The van der Waals surface area contributed by atoms with E-state index in [0.29, 0.717) is 0 Å². The Kier molecular flexibility index (Phi) is 6.14. The highest BCUT2D eigenvalue weighted by atomic mass is 16.5. The van der Waals surface area contributed by atoms with Gasteiger partial charge in [0.25, 0.3) is 0 Å². The zero-order valence-electron chi connectivity index (χ0n) is 13.9. The summed E-state index contributed by atoms with van der Waals surface area (Å²) in [5.74, 6) is 7.51. The van der Waals surface area contributed by atoms with Crippen molar-refractivity contribution in [3.63, 3.8) is 0 Å². The normalized spacial score (nSPS) is 10.9. The van der Waals surface area contributed by atoms with Gasteiger partial charge in [-0.2, -0.15) is 0 Å². The van der Waals surface area contributed by atoms with Gasteiger partial charge >= 0.3 is 0 Å². The minimum atomic E-state index is 0.0972. The number of hydrogen-bond donors (Lipinski definition) is 0. The molecule has 0 saturated carbocycles. The smallest absolute Gasteiger partial charge is 0.125 e. The zero-order valence-corrected chi connectivity index (χ0v) is 13.9. The molecule has 20 heavy (non-hydrogen) atoms. The molecule has 0 spiro atoms. The average molecular weight is 272 g/mol. The number of hydrogen-bond acceptors (Lipinski definition) is 1. The molecule has 1 aromatic rings. The van der Waals surface area contributed by atoms with Gasteiger partial charge in [-0.15, -0.1) is 11.8 Å². The molecule has 0 aromatic heterocycles. The van der Waals surface area contributed by atoms with Crippen LogP contribution in [0.25, 0.3) is 0 Å². The Hall–Kier alpha value is -1.42. The van der Waals surface area contributed by atoms with Crippen LogP contribution in [0.3, 0.4) is 0 Å². The van der Waals surface area contributed by atoms with E-state index in [0.717, 1.165) is 31.4 Å². The van der Waals surface area contributed by atoms with Gasteiger partial charge in [-0.05, 0) is 30.7 Å². The lowest BCUT2D eigenvalue weighted by Gasteiger charge is -2.24. The lowest BCUT2D eigenvalue weighted by molar-refractivity contribution is 0.392. The van der Waals surface area contributed by atoms with Crippen LogP contribution in [0.2, 0.25) is 0 Å². The van der Waals surface area contributed by atoms with Crippen LogP contribution in [-0.4, -0.2) is 7.11 Å². The second-order valence-corrected chi connectivity index (χ2v) is 6.36. The van der Waals surface area contributed by atoms with Gasteiger partial charge in [0.05, 0.1) is 7.11 Å². The summed E-state index contributed by atoms with van der Waals surface area (Å²) in [6.07, 6.45) is 4.00. The maximum atomic E-state index is 5.69. The summed E-state index contributed by atoms with van der Waals surface area (Å²) in [5, 5.41) is 0. The van der Waals surface area contributed by atoms with Crippen molar-refractivity contribution >= 4 is 0 Å². The highest BCUT2D eigenvalue weighted by Crippen LogP contribution is 2.35. The largest absolute Gasteiger partial charge is 0.496 e. The quantitative estimate of drug-likeness (QED) is 0.698. The number of ether oxygens (including phenoxy) is 1. The molecular weight excluding hydrogens is 244 g/mol. The Labute approximate surface area is 124 Å². The topological polar surface area (TPSA) is 9.23 Å². The fraction of sp³-hybridized carbons (Fsp3) is 0.579. The van der Waals surface area contributed by atoms with Crippen molar-refractivity contribution in [1.29, 1.82) is 0 Å². The van der Waals surface area contributed by atoms with Gasteiger partial charge in [-0.25, -0.2) is 0 Å². The number of benzene rings is 1. The van der Waals surface area contributed by atoms with Crippen molar-refractivity contribution in [3.8, 4) is 17.6 Å². The van der Waals surface area contributed by atoms with Crippen LogP contribution < -0.4 is 4.74 Å². The molecule has 0 aliphatic carbocycles. The molecule has 0 unspecified atom stereocenters. The summed E-state index contributed by atoms with van der Waals surface area (Å²) in [6, 6.07) is 4.47. The molecule has 0 atom stereocenters. The molecule has 0 aliphatic heterocycles. The number of aryl methyl sites for hydroxylation is 2. The van der Waals surface area contributed by atoms with Crippen LogP contribution in [0.15, 0.2) is 12.1 Å². The Bertz CT molecular complexity index is 495. The molecular formula is C19H28O. The minimum absolute atomic E-state index is 0.0972. The number of unbranched alkanes of at least 4 members (excludes halogenated alkanes) is 1. The SMILES string of the molecule is CCCC#CCCc1cc(C)cc(C(C)(C)C)c1OC. The molecule has 0 aliphatic rings. The van der Waals surface area contributed by atoms with Crippen LogP contribution in [0.5, 0.6) is 5.75 Å². The Morgan fingerprint density at radius 2 is 1.75 bits per heavy atom. The maximum absolute atomic E-state index is 5.69. The monoisotopic (exact) mass is 272 g/mol. The van der Waals surface area contributed by atoms with Crippen molar-refractivity contribution in [1.82, 2.24) is 0 Å². The van der Waals surface area contributed by atoms with Gasteiger partial charge < -0.3 is 4.74 Å². The molecule has 1 rings (SSSR count). The molecule has 1 nitrogen and oxygen atoms in total. The molecule has 0 fully saturated rings. The average Bonchev–Trinajstić information content (AvgIpc) is 2.37. The van der Waals surface area contributed by atoms with Crippen molar-refractivity contribution < 1.29 is 4.74 Å². The highest BCUT2D eigenvalue weighted by Gasteiger charge is 2.21. The minimum Gasteiger partial charge on any atom is -0.496 e. The van der Waals surface area contributed by atoms with Crippen molar-refractivity contribution in [2.75, 3.05) is 7.11 Å². The van der Waals surface area contributed by atoms with Crippen LogP contribution >= 0.6 is 0 Å². The van der Waals surface area contributed by atoms with E-state index in [4.69, 9.17) is 4.74 Å². The van der Waals surface area contributed by atoms with Gasteiger partial charge in [0.1, 0.15) is 5.75 Å². The lowest BCUT2D eigenvalue weighted by atomic mass is 9.83. The molecule has 1 aromatic carbocycles. The molecule has 0 amide bonds. The van der Waals surface area contributed by atoms with E-state index < -0.39 is 0 Å². The third-order valence-corrected chi connectivity index (χ3v) is 3.34. The van der Waals surface area contributed by atoms with Crippen LogP contribution in [-0.2, 0) is 11.8 Å². The predicted molar refractivity (Wildman–Crippen MR) is 87.4 cm³/mol. The molecule has 0 saturated heterocycles. The molecule has 0 bridgehead atoms. The molecule has 0 radical (unpaired) electrons. The summed E-state index contributed by atoms with van der Waals surface area (Å²) >= 11 is 0. The second-order valence-electron chi connectivity index (χ2n) is 6.36. The van der Waals surface area contributed by atoms with E-state index in [1.165, 1.54) is 16.7 Å². The van der Waals surface area contributed by atoms with Crippen LogP contribution in [0.1, 0.15) is 63.6 Å². The summed E-state index contributed by atoms with van der Waals surface area (Å²) in [7, 11) is 1.77. The highest BCUT2D eigenvalue weighted by molar-refractivity contribution is 5.48. The fourth-order valence-electron chi connectivity index (χ4n) is 2.33. The second kappa shape index (κ2) is 7.39. The van der Waals surface area contributed by atoms with Crippen molar-refractivity contribution in [3.05, 3.63) is 28.8 Å². The van der Waals surface area contributed by atoms with Gasteiger partial charge in [0.15, 0.2) is 0 Å². The molecule has 1 heteroatoms.